The van der Waals surface area contributed by atoms with Gasteiger partial charge in [0.1, 0.15) is 5.75 Å². The van der Waals surface area contributed by atoms with Crippen LogP contribution in [-0.4, -0.2) is 31.8 Å². The third-order valence-corrected chi connectivity index (χ3v) is 3.72. The van der Waals surface area contributed by atoms with Gasteiger partial charge >= 0.3 is 6.18 Å². The molecule has 9 heteroatoms. The van der Waals surface area contributed by atoms with E-state index in [-0.39, 0.29) is 18.9 Å². The van der Waals surface area contributed by atoms with Crippen molar-refractivity contribution in [3.8, 4) is 11.5 Å². The van der Waals surface area contributed by atoms with Crippen molar-refractivity contribution in [3.63, 3.8) is 0 Å². The third kappa shape index (κ3) is 4.75. The summed E-state index contributed by atoms with van der Waals surface area (Å²) in [5.74, 6) is -2.36. The number of amides is 1. The number of ether oxygens (including phenoxy) is 3. The molecule has 1 atom stereocenters. The number of carbonyl (C=O) groups excluding carboxylic acids is 1. The zero-order chi connectivity index (χ0) is 19.4. The van der Waals surface area contributed by atoms with Gasteiger partial charge in [0.2, 0.25) is 0 Å². The molecule has 0 unspecified atom stereocenters. The Kier molecular flexibility index (Phi) is 5.62. The summed E-state index contributed by atoms with van der Waals surface area (Å²) in [6, 6.07) is 7.90. The van der Waals surface area contributed by atoms with Crippen LogP contribution in [0.3, 0.4) is 0 Å². The lowest BCUT2D eigenvalue weighted by Crippen LogP contribution is -2.39. The van der Waals surface area contributed by atoms with Gasteiger partial charge in [-0.2, -0.15) is 13.2 Å². The average Bonchev–Trinajstić information content (AvgIpc) is 2.64. The lowest BCUT2D eigenvalue weighted by molar-refractivity contribution is -0.142. The average molecular weight is 385 g/mol. The van der Waals surface area contributed by atoms with Crippen LogP contribution in [0.1, 0.15) is 5.56 Å². The van der Waals surface area contributed by atoms with Crippen LogP contribution in [-0.2, 0) is 20.4 Å². The normalized spacial score (nSPS) is 17.4. The summed E-state index contributed by atoms with van der Waals surface area (Å²) < 4.78 is 68.7. The number of nitrogens with one attached hydrogen (secondary N) is 1. The van der Waals surface area contributed by atoms with E-state index in [1.807, 2.05) is 0 Å². The molecule has 1 N–H and O–H groups in total. The maximum absolute atomic E-state index is 14.2. The molecule has 0 aliphatic carbocycles. The number of benzene rings is 2. The fourth-order valence-electron chi connectivity index (χ4n) is 2.43. The number of rotatable bonds is 4. The number of hydrogen-bond acceptors (Lipinski definition) is 4. The smallest absolute Gasteiger partial charge is 0.419 e. The SMILES string of the molecule is O=C(Nc1ccc(Oc2ccccc2C(F)(F)F)c(F)c1)[C@@H]1COCCO1. The van der Waals surface area contributed by atoms with Crippen molar-refractivity contribution in [3.05, 3.63) is 53.8 Å². The molecule has 1 amide bonds. The molecule has 1 heterocycles. The van der Waals surface area contributed by atoms with E-state index in [0.717, 1.165) is 24.3 Å². The van der Waals surface area contributed by atoms with E-state index < -0.39 is 41.1 Å². The first-order valence-corrected chi connectivity index (χ1v) is 7.98. The molecule has 1 fully saturated rings. The molecule has 3 rings (SSSR count). The van der Waals surface area contributed by atoms with Gasteiger partial charge in [0, 0.05) is 11.8 Å². The number of hydrogen-bond donors (Lipinski definition) is 1. The molecule has 1 saturated heterocycles. The molecular formula is C18H15F4NO4. The standard InChI is InChI=1S/C18H15F4NO4/c19-13-9-11(23-17(24)16-10-25-7-8-26-16)5-6-15(13)27-14-4-2-1-3-12(14)18(20,21)22/h1-6,9,16H,7-8,10H2,(H,23,24)/t16-/m0/s1. The molecule has 1 aliphatic rings. The molecular weight excluding hydrogens is 370 g/mol. The Labute approximate surface area is 151 Å². The zero-order valence-corrected chi connectivity index (χ0v) is 13.9. The van der Waals surface area contributed by atoms with Crippen molar-refractivity contribution >= 4 is 11.6 Å². The highest BCUT2D eigenvalue weighted by Gasteiger charge is 2.34. The molecule has 2 aromatic rings. The number of anilines is 1. The van der Waals surface area contributed by atoms with Crippen molar-refractivity contribution < 1.29 is 36.6 Å². The predicted octanol–water partition coefficient (Wildman–Crippen LogP) is 3.99. The van der Waals surface area contributed by atoms with Gasteiger partial charge in [-0.1, -0.05) is 12.1 Å². The Hall–Kier alpha value is -2.65. The van der Waals surface area contributed by atoms with E-state index in [1.165, 1.54) is 18.2 Å². The number of para-hydroxylation sites is 1. The van der Waals surface area contributed by atoms with Crippen LogP contribution in [0.4, 0.5) is 23.2 Å². The Morgan fingerprint density at radius 3 is 2.56 bits per heavy atom. The van der Waals surface area contributed by atoms with Crippen LogP contribution < -0.4 is 10.1 Å². The Bertz CT molecular complexity index is 819. The molecule has 0 radical (unpaired) electrons. The van der Waals surface area contributed by atoms with Gasteiger partial charge in [-0.15, -0.1) is 0 Å². The summed E-state index contributed by atoms with van der Waals surface area (Å²) in [6.45, 7) is 0.755. The predicted molar refractivity (Wildman–Crippen MR) is 87.1 cm³/mol. The second-order valence-electron chi connectivity index (χ2n) is 5.66. The number of halogens is 4. The fraction of sp³-hybridized carbons (Fsp3) is 0.278. The van der Waals surface area contributed by atoms with E-state index in [0.29, 0.717) is 6.61 Å². The first-order chi connectivity index (χ1) is 12.8. The van der Waals surface area contributed by atoms with Crippen molar-refractivity contribution in [2.45, 2.75) is 12.3 Å². The summed E-state index contributed by atoms with van der Waals surface area (Å²) in [7, 11) is 0. The summed E-state index contributed by atoms with van der Waals surface area (Å²) in [4.78, 5) is 12.0. The largest absolute Gasteiger partial charge is 0.454 e. The second kappa shape index (κ2) is 7.93. The van der Waals surface area contributed by atoms with E-state index in [1.54, 1.807) is 0 Å². The monoisotopic (exact) mass is 385 g/mol. The topological polar surface area (TPSA) is 56.8 Å². The van der Waals surface area contributed by atoms with E-state index in [9.17, 15) is 22.4 Å². The Morgan fingerprint density at radius 1 is 1.11 bits per heavy atom. The molecule has 5 nitrogen and oxygen atoms in total. The number of alkyl halides is 3. The van der Waals surface area contributed by atoms with Gasteiger partial charge < -0.3 is 19.5 Å². The summed E-state index contributed by atoms with van der Waals surface area (Å²) in [5, 5.41) is 2.46. The van der Waals surface area contributed by atoms with Gasteiger partial charge in [-0.05, 0) is 24.3 Å². The molecule has 0 saturated carbocycles. The maximum Gasteiger partial charge on any atom is 0.419 e. The zero-order valence-electron chi connectivity index (χ0n) is 13.9. The highest BCUT2D eigenvalue weighted by molar-refractivity contribution is 5.94. The van der Waals surface area contributed by atoms with Gasteiger partial charge in [0.15, 0.2) is 17.7 Å². The minimum absolute atomic E-state index is 0.0870. The van der Waals surface area contributed by atoms with Gasteiger partial charge in [-0.25, -0.2) is 4.39 Å². The minimum atomic E-state index is -4.64. The summed E-state index contributed by atoms with van der Waals surface area (Å²) >= 11 is 0. The highest BCUT2D eigenvalue weighted by atomic mass is 19.4. The Morgan fingerprint density at radius 2 is 1.89 bits per heavy atom. The molecule has 144 valence electrons. The Balaban J connectivity index is 1.73. The first kappa shape index (κ1) is 19.1. The van der Waals surface area contributed by atoms with Crippen molar-refractivity contribution in [2.75, 3.05) is 25.1 Å². The fourth-order valence-corrected chi connectivity index (χ4v) is 2.43. The van der Waals surface area contributed by atoms with Gasteiger partial charge in [0.05, 0.1) is 25.4 Å². The lowest BCUT2D eigenvalue weighted by Gasteiger charge is -2.22. The summed E-state index contributed by atoms with van der Waals surface area (Å²) in [5.41, 5.74) is -0.903. The van der Waals surface area contributed by atoms with Gasteiger partial charge in [-0.3, -0.25) is 4.79 Å². The first-order valence-electron chi connectivity index (χ1n) is 7.98. The second-order valence-corrected chi connectivity index (χ2v) is 5.66. The van der Waals surface area contributed by atoms with E-state index in [4.69, 9.17) is 14.2 Å². The minimum Gasteiger partial charge on any atom is -0.454 e. The lowest BCUT2D eigenvalue weighted by atomic mass is 10.2. The van der Waals surface area contributed by atoms with Gasteiger partial charge in [0.25, 0.3) is 5.91 Å². The molecule has 27 heavy (non-hydrogen) atoms. The molecule has 2 aromatic carbocycles. The van der Waals surface area contributed by atoms with Crippen LogP contribution in [0.2, 0.25) is 0 Å². The van der Waals surface area contributed by atoms with Crippen LogP contribution >= 0.6 is 0 Å². The van der Waals surface area contributed by atoms with E-state index in [2.05, 4.69) is 5.32 Å². The highest BCUT2D eigenvalue weighted by Crippen LogP contribution is 2.38. The molecule has 1 aliphatic heterocycles. The number of carbonyl (C=O) groups is 1. The van der Waals surface area contributed by atoms with Crippen molar-refractivity contribution in [1.82, 2.24) is 0 Å². The van der Waals surface area contributed by atoms with Crippen LogP contribution in [0.5, 0.6) is 11.5 Å². The molecule has 0 spiro atoms. The summed E-state index contributed by atoms with van der Waals surface area (Å²) in [6.07, 6.45) is -5.44. The van der Waals surface area contributed by atoms with Crippen LogP contribution in [0.25, 0.3) is 0 Å². The van der Waals surface area contributed by atoms with Crippen molar-refractivity contribution in [2.24, 2.45) is 0 Å². The maximum atomic E-state index is 14.2. The van der Waals surface area contributed by atoms with Crippen molar-refractivity contribution in [1.29, 1.82) is 0 Å². The third-order valence-electron chi connectivity index (χ3n) is 3.72. The van der Waals surface area contributed by atoms with Crippen LogP contribution in [0, 0.1) is 5.82 Å². The quantitative estimate of drug-likeness (QED) is 0.809. The van der Waals surface area contributed by atoms with E-state index >= 15 is 0 Å². The van der Waals surface area contributed by atoms with Crippen LogP contribution in [0.15, 0.2) is 42.5 Å². The molecule has 0 bridgehead atoms. The molecule has 0 aromatic heterocycles.